The van der Waals surface area contributed by atoms with Gasteiger partial charge in [-0.15, -0.1) is 24.8 Å². The molecule has 22 heavy (non-hydrogen) atoms. The Hall–Kier alpha value is -0.0300. The van der Waals surface area contributed by atoms with Crippen molar-refractivity contribution in [1.82, 2.24) is 10.2 Å². The first kappa shape index (κ1) is 20.0. The summed E-state index contributed by atoms with van der Waals surface area (Å²) in [6.45, 7) is 2.33. The molecule has 0 radical (unpaired) electrons. The van der Waals surface area contributed by atoms with Gasteiger partial charge in [0, 0.05) is 37.6 Å². The Morgan fingerprint density at radius 3 is 2.23 bits per heavy atom. The number of amides is 1. The van der Waals surface area contributed by atoms with Crippen molar-refractivity contribution in [3.63, 3.8) is 0 Å². The van der Waals surface area contributed by atoms with Gasteiger partial charge >= 0.3 is 0 Å². The number of rotatable bonds is 4. The summed E-state index contributed by atoms with van der Waals surface area (Å²) in [5, 5.41) is 3.25. The maximum atomic E-state index is 12.2. The smallest absolute Gasteiger partial charge is 0.220 e. The summed E-state index contributed by atoms with van der Waals surface area (Å²) in [7, 11) is 0. The minimum Gasteiger partial charge on any atom is -0.353 e. The molecule has 0 aromatic rings. The zero-order valence-electron chi connectivity index (χ0n) is 13.3. The highest BCUT2D eigenvalue weighted by molar-refractivity contribution is 5.85. The Bertz CT molecular complexity index is 344. The summed E-state index contributed by atoms with van der Waals surface area (Å²) < 4.78 is 0. The van der Waals surface area contributed by atoms with Gasteiger partial charge in [-0.3, -0.25) is 4.79 Å². The van der Waals surface area contributed by atoms with Crippen LogP contribution in [0.25, 0.3) is 0 Å². The number of carbonyl (C=O) groups excluding carboxylic acids is 1. The van der Waals surface area contributed by atoms with Crippen LogP contribution >= 0.6 is 24.8 Å². The molecular formula is C16H31Cl2N3O. The number of halogens is 2. The molecule has 2 aliphatic carbocycles. The second kappa shape index (κ2) is 9.31. The normalized spacial score (nSPS) is 30.0. The van der Waals surface area contributed by atoms with Gasteiger partial charge < -0.3 is 16.0 Å². The van der Waals surface area contributed by atoms with Crippen LogP contribution in [-0.2, 0) is 4.79 Å². The van der Waals surface area contributed by atoms with Gasteiger partial charge in [0.15, 0.2) is 0 Å². The average molecular weight is 352 g/mol. The largest absolute Gasteiger partial charge is 0.353 e. The standard InChI is InChI=1S/C16H29N3O.2ClH/c17-15-4-2-1-3-12(15)11-16(20)18-13-7-9-19(10-8-13)14-5-6-14;;/h12-15H,1-11,17H2,(H,18,20);2*1H. The number of piperidine rings is 1. The van der Waals surface area contributed by atoms with Gasteiger partial charge in [0.25, 0.3) is 0 Å². The van der Waals surface area contributed by atoms with Crippen LogP contribution in [0.15, 0.2) is 0 Å². The van der Waals surface area contributed by atoms with Crippen LogP contribution in [0.3, 0.4) is 0 Å². The molecule has 3 fully saturated rings. The lowest BCUT2D eigenvalue weighted by Gasteiger charge is -2.33. The van der Waals surface area contributed by atoms with Gasteiger partial charge in [0.05, 0.1) is 0 Å². The Balaban J connectivity index is 0.00000121. The molecule has 4 nitrogen and oxygen atoms in total. The number of carbonyl (C=O) groups is 1. The first-order valence-corrected chi connectivity index (χ1v) is 8.51. The molecule has 3 N–H and O–H groups in total. The molecule has 1 amide bonds. The van der Waals surface area contributed by atoms with Gasteiger partial charge in [0.2, 0.25) is 5.91 Å². The lowest BCUT2D eigenvalue weighted by Crippen LogP contribution is -2.46. The van der Waals surface area contributed by atoms with Crippen LogP contribution in [0.4, 0.5) is 0 Å². The number of nitrogens with one attached hydrogen (secondary N) is 1. The SMILES string of the molecule is Cl.Cl.NC1CCCCC1CC(=O)NC1CCN(C2CC2)CC1. The number of likely N-dealkylation sites (tertiary alicyclic amines) is 1. The number of hydrogen-bond donors (Lipinski definition) is 2. The maximum absolute atomic E-state index is 12.2. The van der Waals surface area contributed by atoms with Crippen molar-refractivity contribution < 1.29 is 4.79 Å². The lowest BCUT2D eigenvalue weighted by molar-refractivity contribution is -0.123. The Morgan fingerprint density at radius 2 is 1.64 bits per heavy atom. The predicted octanol–water partition coefficient (Wildman–Crippen LogP) is 2.48. The van der Waals surface area contributed by atoms with Crippen LogP contribution < -0.4 is 11.1 Å². The van der Waals surface area contributed by atoms with Crippen LogP contribution in [0.1, 0.15) is 57.8 Å². The highest BCUT2D eigenvalue weighted by Crippen LogP contribution is 2.29. The first-order chi connectivity index (χ1) is 9.72. The van der Waals surface area contributed by atoms with E-state index in [4.69, 9.17) is 5.73 Å². The predicted molar refractivity (Wildman–Crippen MR) is 94.8 cm³/mol. The van der Waals surface area contributed by atoms with E-state index >= 15 is 0 Å². The molecule has 0 aromatic heterocycles. The molecule has 6 heteroatoms. The van der Waals surface area contributed by atoms with E-state index < -0.39 is 0 Å². The molecule has 0 bridgehead atoms. The lowest BCUT2D eigenvalue weighted by atomic mass is 9.83. The molecule has 1 saturated heterocycles. The summed E-state index contributed by atoms with van der Waals surface area (Å²) in [6, 6.07) is 1.51. The minimum atomic E-state index is 0. The molecule has 2 saturated carbocycles. The monoisotopic (exact) mass is 351 g/mol. The fraction of sp³-hybridized carbons (Fsp3) is 0.938. The second-order valence-corrected chi connectivity index (χ2v) is 7.02. The average Bonchev–Trinajstić information content (AvgIpc) is 3.27. The van der Waals surface area contributed by atoms with Crippen LogP contribution in [0.2, 0.25) is 0 Å². The van der Waals surface area contributed by atoms with E-state index in [0.717, 1.165) is 31.7 Å². The van der Waals surface area contributed by atoms with E-state index in [1.807, 2.05) is 0 Å². The van der Waals surface area contributed by atoms with Gasteiger partial charge in [-0.2, -0.15) is 0 Å². The molecule has 3 aliphatic rings. The molecular weight excluding hydrogens is 321 g/mol. The van der Waals surface area contributed by atoms with Crippen molar-refractivity contribution in [2.45, 2.75) is 75.9 Å². The number of nitrogens with two attached hydrogens (primary N) is 1. The van der Waals surface area contributed by atoms with Crippen molar-refractivity contribution in [3.8, 4) is 0 Å². The summed E-state index contributed by atoms with van der Waals surface area (Å²) in [5.41, 5.74) is 6.13. The van der Waals surface area contributed by atoms with E-state index in [1.54, 1.807) is 0 Å². The highest BCUT2D eigenvalue weighted by Gasteiger charge is 2.32. The summed E-state index contributed by atoms with van der Waals surface area (Å²) in [5.74, 6) is 0.646. The Kier molecular flexibility index (Phi) is 8.47. The van der Waals surface area contributed by atoms with Crippen molar-refractivity contribution in [2.75, 3.05) is 13.1 Å². The van der Waals surface area contributed by atoms with Crippen LogP contribution in [0.5, 0.6) is 0 Å². The topological polar surface area (TPSA) is 58.4 Å². The third-order valence-electron chi connectivity index (χ3n) is 5.37. The second-order valence-electron chi connectivity index (χ2n) is 7.02. The number of hydrogen-bond acceptors (Lipinski definition) is 3. The summed E-state index contributed by atoms with van der Waals surface area (Å²) in [4.78, 5) is 14.8. The highest BCUT2D eigenvalue weighted by atomic mass is 35.5. The van der Waals surface area contributed by atoms with Gasteiger partial charge in [-0.05, 0) is 44.4 Å². The van der Waals surface area contributed by atoms with Crippen LogP contribution in [-0.4, -0.2) is 42.0 Å². The van der Waals surface area contributed by atoms with Crippen molar-refractivity contribution in [1.29, 1.82) is 0 Å². The molecule has 130 valence electrons. The third kappa shape index (κ3) is 5.55. The Morgan fingerprint density at radius 1 is 1.00 bits per heavy atom. The first-order valence-electron chi connectivity index (χ1n) is 8.51. The third-order valence-corrected chi connectivity index (χ3v) is 5.37. The summed E-state index contributed by atoms with van der Waals surface area (Å²) >= 11 is 0. The van der Waals surface area contributed by atoms with Crippen molar-refractivity contribution in [3.05, 3.63) is 0 Å². The van der Waals surface area contributed by atoms with Crippen molar-refractivity contribution in [2.24, 2.45) is 11.7 Å². The molecule has 2 atom stereocenters. The van der Waals surface area contributed by atoms with E-state index in [1.165, 1.54) is 38.8 Å². The summed E-state index contributed by atoms with van der Waals surface area (Å²) in [6.07, 6.45) is 10.4. The van der Waals surface area contributed by atoms with Gasteiger partial charge in [-0.1, -0.05) is 12.8 Å². The Labute approximate surface area is 146 Å². The van der Waals surface area contributed by atoms with E-state index in [-0.39, 0.29) is 36.8 Å². The minimum absolute atomic E-state index is 0. The zero-order chi connectivity index (χ0) is 13.9. The van der Waals surface area contributed by atoms with Crippen LogP contribution in [0, 0.1) is 5.92 Å². The van der Waals surface area contributed by atoms with Gasteiger partial charge in [-0.25, -0.2) is 0 Å². The molecule has 1 heterocycles. The van der Waals surface area contributed by atoms with Gasteiger partial charge in [0.1, 0.15) is 0 Å². The maximum Gasteiger partial charge on any atom is 0.220 e. The number of nitrogens with zero attached hydrogens (tertiary/aromatic N) is 1. The van der Waals surface area contributed by atoms with E-state index in [9.17, 15) is 4.79 Å². The van der Waals surface area contributed by atoms with E-state index in [0.29, 0.717) is 18.4 Å². The van der Waals surface area contributed by atoms with Crippen molar-refractivity contribution >= 4 is 30.7 Å². The quantitative estimate of drug-likeness (QED) is 0.817. The fourth-order valence-corrected chi connectivity index (χ4v) is 3.86. The molecule has 1 aliphatic heterocycles. The zero-order valence-corrected chi connectivity index (χ0v) is 15.0. The molecule has 0 aromatic carbocycles. The van der Waals surface area contributed by atoms with E-state index in [2.05, 4.69) is 10.2 Å². The molecule has 0 spiro atoms. The fourth-order valence-electron chi connectivity index (χ4n) is 3.86. The molecule has 2 unspecified atom stereocenters. The molecule has 3 rings (SSSR count).